The second kappa shape index (κ2) is 10.0. The van der Waals surface area contributed by atoms with Gasteiger partial charge in [-0.15, -0.1) is 0 Å². The molecular weight excluding hydrogens is 553 g/mol. The number of halogens is 3. The lowest BCUT2D eigenvalue weighted by molar-refractivity contribution is -0.196. The van der Waals surface area contributed by atoms with Crippen LogP contribution in [0.25, 0.3) is 0 Å². The molecule has 5 saturated carbocycles. The van der Waals surface area contributed by atoms with Crippen LogP contribution in [0.4, 0.5) is 13.2 Å². The third-order valence-electron chi connectivity index (χ3n) is 8.97. The first-order chi connectivity index (χ1) is 18.7. The largest absolute Gasteiger partial charge is 0.748 e. The van der Waals surface area contributed by atoms with Crippen LogP contribution in [0.1, 0.15) is 80.1 Å². The summed E-state index contributed by atoms with van der Waals surface area (Å²) in [6.07, 6.45) is 2.51. The molecule has 0 radical (unpaired) electrons. The molecule has 40 heavy (non-hydrogen) atoms. The highest BCUT2D eigenvalue weighted by atomic mass is 32.2. The molecule has 0 spiro atoms. The normalized spacial score (nSPS) is 30.6. The van der Waals surface area contributed by atoms with Crippen LogP contribution in [0.3, 0.4) is 0 Å². The topological polar surface area (TPSA) is 119 Å². The van der Waals surface area contributed by atoms with Crippen molar-refractivity contribution in [1.29, 1.82) is 0 Å². The Morgan fingerprint density at radius 2 is 1.75 bits per heavy atom. The summed E-state index contributed by atoms with van der Waals surface area (Å²) in [4.78, 5) is 26.5. The molecule has 0 N–H and O–H groups in total. The number of esters is 2. The number of hydrogen-bond donors (Lipinski definition) is 0. The summed E-state index contributed by atoms with van der Waals surface area (Å²) in [7, 11) is -4.55. The van der Waals surface area contributed by atoms with Gasteiger partial charge in [0.05, 0.1) is 32.4 Å². The molecule has 5 fully saturated rings. The van der Waals surface area contributed by atoms with E-state index in [1.807, 2.05) is 0 Å². The average molecular weight is 586 g/mol. The minimum Gasteiger partial charge on any atom is -0.748 e. The van der Waals surface area contributed by atoms with Gasteiger partial charge in [0.25, 0.3) is 0 Å². The lowest BCUT2D eigenvalue weighted by atomic mass is 9.48. The summed E-state index contributed by atoms with van der Waals surface area (Å²) in [5.74, 6) is -2.55. The van der Waals surface area contributed by atoms with Crippen molar-refractivity contribution in [3.8, 4) is 5.75 Å². The smallest absolute Gasteiger partial charge is 0.419 e. The summed E-state index contributed by atoms with van der Waals surface area (Å²) in [6, 6.07) is 2.96. The molecule has 2 atom stereocenters. The predicted molar refractivity (Wildman–Crippen MR) is 134 cm³/mol. The molecule has 0 heterocycles. The van der Waals surface area contributed by atoms with E-state index in [0.717, 1.165) is 37.5 Å². The highest BCUT2D eigenvalue weighted by Crippen LogP contribution is 2.63. The fraction of sp³-hybridized carbons (Fsp3) is 0.643. The van der Waals surface area contributed by atoms with E-state index in [2.05, 4.69) is 6.58 Å². The van der Waals surface area contributed by atoms with Crippen molar-refractivity contribution in [2.75, 3.05) is 12.4 Å². The summed E-state index contributed by atoms with van der Waals surface area (Å²) in [6.45, 7) is 3.21. The van der Waals surface area contributed by atoms with Crippen molar-refractivity contribution in [2.45, 2.75) is 81.6 Å². The Balaban J connectivity index is 1.37. The summed E-state index contributed by atoms with van der Waals surface area (Å²) >= 11 is 0. The highest BCUT2D eigenvalue weighted by Gasteiger charge is 2.63. The summed E-state index contributed by atoms with van der Waals surface area (Å²) < 4.78 is 91.3. The lowest BCUT2D eigenvalue weighted by Gasteiger charge is -2.59. The Kier molecular flexibility index (Phi) is 7.26. The zero-order chi connectivity index (χ0) is 29.0. The standard InChI is InChI=1S/C28H33F3O8S/c1-2-26(7-3-4-8-26)38-22-12-20(5-6-21(22)28(29,30)31)23(32)39-27-15-18-11-19(16-27)14-25(13-18,17-27)24(33)37-9-10-40(34,35)36/h2,5-6,12,18-19H,1,3-4,7-11,13-17H2,(H,34,35,36)/p-1. The number of carbonyl (C=O) groups is 2. The van der Waals surface area contributed by atoms with Crippen LogP contribution in [-0.2, 0) is 30.6 Å². The van der Waals surface area contributed by atoms with E-state index in [1.165, 1.54) is 6.08 Å². The van der Waals surface area contributed by atoms with E-state index in [-0.39, 0.29) is 23.8 Å². The Hall–Kier alpha value is -2.60. The van der Waals surface area contributed by atoms with Crippen LogP contribution >= 0.6 is 0 Å². The van der Waals surface area contributed by atoms with Gasteiger partial charge in [-0.3, -0.25) is 4.79 Å². The van der Waals surface area contributed by atoms with Gasteiger partial charge in [0.2, 0.25) is 0 Å². The Morgan fingerprint density at radius 1 is 1.10 bits per heavy atom. The van der Waals surface area contributed by atoms with E-state index in [1.54, 1.807) is 0 Å². The van der Waals surface area contributed by atoms with Crippen LogP contribution in [0.15, 0.2) is 30.9 Å². The number of hydrogen-bond acceptors (Lipinski definition) is 8. The van der Waals surface area contributed by atoms with Crippen LogP contribution in [0.2, 0.25) is 0 Å². The van der Waals surface area contributed by atoms with E-state index in [9.17, 15) is 35.7 Å². The molecule has 0 saturated heterocycles. The minimum absolute atomic E-state index is 0.0751. The first kappa shape index (κ1) is 28.9. The molecular formula is C28H32F3O8S-. The molecule has 5 aliphatic carbocycles. The molecule has 0 amide bonds. The maximum absolute atomic E-state index is 13.8. The van der Waals surface area contributed by atoms with Crippen molar-refractivity contribution in [3.63, 3.8) is 0 Å². The third-order valence-corrected chi connectivity index (χ3v) is 9.64. The second-order valence-electron chi connectivity index (χ2n) is 12.0. The molecule has 6 rings (SSSR count). The van der Waals surface area contributed by atoms with Gasteiger partial charge in [0.15, 0.2) is 0 Å². The highest BCUT2D eigenvalue weighted by molar-refractivity contribution is 7.85. The van der Waals surface area contributed by atoms with Crippen molar-refractivity contribution < 1.29 is 49.9 Å². The van der Waals surface area contributed by atoms with Gasteiger partial charge in [-0.05, 0) is 93.9 Å². The molecule has 0 aromatic heterocycles. The Bertz CT molecular complexity index is 1280. The van der Waals surface area contributed by atoms with Gasteiger partial charge in [0, 0.05) is 6.42 Å². The SMILES string of the molecule is C=CC1(Oc2cc(C(=O)OC34CC5CC(C3)CC(C(=O)OCCS(=O)(=O)[O-])(C5)C4)ccc2C(F)(F)F)CCCC1. The van der Waals surface area contributed by atoms with Crippen LogP contribution in [0.5, 0.6) is 5.75 Å². The van der Waals surface area contributed by atoms with Crippen molar-refractivity contribution in [2.24, 2.45) is 17.3 Å². The van der Waals surface area contributed by atoms with Gasteiger partial charge >= 0.3 is 18.1 Å². The number of ether oxygens (including phenoxy) is 3. The number of rotatable bonds is 9. The average Bonchev–Trinajstić information content (AvgIpc) is 3.30. The van der Waals surface area contributed by atoms with Crippen LogP contribution in [0, 0.1) is 17.3 Å². The van der Waals surface area contributed by atoms with Gasteiger partial charge in [-0.2, -0.15) is 13.2 Å². The predicted octanol–water partition coefficient (Wildman–Crippen LogP) is 5.17. The van der Waals surface area contributed by atoms with E-state index >= 15 is 0 Å². The molecule has 4 bridgehead atoms. The molecule has 5 aliphatic rings. The molecule has 220 valence electrons. The fourth-order valence-corrected chi connectivity index (χ4v) is 7.98. The van der Waals surface area contributed by atoms with Gasteiger partial charge in [-0.1, -0.05) is 6.58 Å². The number of benzene rings is 1. The third kappa shape index (κ3) is 5.74. The van der Waals surface area contributed by atoms with E-state index in [4.69, 9.17) is 14.2 Å². The van der Waals surface area contributed by atoms with Gasteiger partial charge in [-0.25, -0.2) is 13.2 Å². The Labute approximate surface area is 231 Å². The second-order valence-corrected chi connectivity index (χ2v) is 13.5. The van der Waals surface area contributed by atoms with Crippen LogP contribution in [-0.4, -0.2) is 48.5 Å². The maximum Gasteiger partial charge on any atom is 0.419 e. The molecule has 1 aromatic rings. The molecule has 0 aliphatic heterocycles. The lowest BCUT2D eigenvalue weighted by Crippen LogP contribution is -2.60. The zero-order valence-electron chi connectivity index (χ0n) is 22.0. The number of alkyl halides is 3. The molecule has 12 heteroatoms. The fourth-order valence-electron chi connectivity index (χ4n) is 7.69. The van der Waals surface area contributed by atoms with E-state index < -0.39 is 68.5 Å². The maximum atomic E-state index is 13.8. The van der Waals surface area contributed by atoms with Crippen molar-refractivity contribution >= 4 is 22.1 Å². The van der Waals surface area contributed by atoms with Crippen LogP contribution < -0.4 is 4.74 Å². The quantitative estimate of drug-likeness (QED) is 0.221. The Morgan fingerprint density at radius 3 is 2.33 bits per heavy atom. The van der Waals surface area contributed by atoms with E-state index in [0.29, 0.717) is 38.5 Å². The summed E-state index contributed by atoms with van der Waals surface area (Å²) in [5, 5.41) is 0. The van der Waals surface area contributed by atoms with Gasteiger partial charge in [0.1, 0.15) is 23.6 Å². The van der Waals surface area contributed by atoms with Gasteiger partial charge < -0.3 is 18.8 Å². The monoisotopic (exact) mass is 585 g/mol. The van der Waals surface area contributed by atoms with Crippen molar-refractivity contribution in [1.82, 2.24) is 0 Å². The zero-order valence-corrected chi connectivity index (χ0v) is 22.8. The first-order valence-electron chi connectivity index (χ1n) is 13.5. The molecule has 8 nitrogen and oxygen atoms in total. The summed E-state index contributed by atoms with van der Waals surface area (Å²) in [5.41, 5.74) is -3.99. The molecule has 1 aromatic carbocycles. The minimum atomic E-state index is -4.70. The van der Waals surface area contributed by atoms with Crippen molar-refractivity contribution in [3.05, 3.63) is 42.0 Å². The first-order valence-corrected chi connectivity index (χ1v) is 15.1. The molecule has 2 unspecified atom stereocenters. The number of carbonyl (C=O) groups excluding carboxylic acids is 2.